The maximum absolute atomic E-state index is 11.6. The topological polar surface area (TPSA) is 103 Å². The van der Waals surface area contributed by atoms with Crippen molar-refractivity contribution >= 4 is 28.1 Å². The summed E-state index contributed by atoms with van der Waals surface area (Å²) in [5.74, 6) is -0.352. The Morgan fingerprint density at radius 3 is 3.06 bits per heavy atom. The first-order chi connectivity index (χ1) is 8.15. The van der Waals surface area contributed by atoms with Crippen molar-refractivity contribution in [2.45, 2.75) is 6.54 Å². The van der Waals surface area contributed by atoms with Crippen molar-refractivity contribution in [2.75, 3.05) is 11.1 Å². The number of hydrogen-bond donors (Lipinski definition) is 2. The van der Waals surface area contributed by atoms with Crippen molar-refractivity contribution in [3.8, 4) is 0 Å². The Morgan fingerprint density at radius 1 is 1.53 bits per heavy atom. The molecule has 0 aliphatic carbocycles. The number of nitrogens with two attached hydrogens (primary N) is 1. The summed E-state index contributed by atoms with van der Waals surface area (Å²) in [6, 6.07) is 2.80. The zero-order chi connectivity index (χ0) is 12.3. The molecule has 88 valence electrons. The van der Waals surface area contributed by atoms with E-state index >= 15 is 0 Å². The standard InChI is InChI=1S/C9H9N5O2S/c10-6-1-2-8(16)14(3-6)4-7(15)12-9-13-11-5-17-9/h1-3,5H,4,10H2,(H,12,13,15). The molecule has 0 unspecified atom stereocenters. The number of carbonyl (C=O) groups is 1. The van der Waals surface area contributed by atoms with E-state index in [4.69, 9.17) is 5.73 Å². The molecule has 0 radical (unpaired) electrons. The fourth-order valence-corrected chi connectivity index (χ4v) is 1.68. The third-order valence-corrected chi connectivity index (χ3v) is 2.53. The monoisotopic (exact) mass is 251 g/mol. The molecule has 3 N–H and O–H groups in total. The number of carbonyl (C=O) groups excluding carboxylic acids is 1. The van der Waals surface area contributed by atoms with E-state index in [1.807, 2.05) is 0 Å². The second kappa shape index (κ2) is 4.74. The number of anilines is 2. The van der Waals surface area contributed by atoms with Crippen LogP contribution in [0.15, 0.2) is 28.6 Å². The van der Waals surface area contributed by atoms with Crippen molar-refractivity contribution < 1.29 is 4.79 Å². The molecule has 0 saturated carbocycles. The number of aromatic nitrogens is 3. The van der Waals surface area contributed by atoms with Gasteiger partial charge in [0.15, 0.2) is 0 Å². The molecule has 2 aromatic rings. The highest BCUT2D eigenvalue weighted by atomic mass is 32.1. The molecule has 1 amide bonds. The summed E-state index contributed by atoms with van der Waals surface area (Å²) in [6.07, 6.45) is 1.42. The molecule has 0 spiro atoms. The second-order valence-electron chi connectivity index (χ2n) is 3.22. The SMILES string of the molecule is Nc1ccc(=O)n(CC(=O)Nc2nncs2)c1. The highest BCUT2D eigenvalue weighted by Crippen LogP contribution is 2.07. The van der Waals surface area contributed by atoms with Gasteiger partial charge in [-0.1, -0.05) is 11.3 Å². The summed E-state index contributed by atoms with van der Waals surface area (Å²) in [4.78, 5) is 23.0. The third-order valence-electron chi connectivity index (χ3n) is 1.93. The van der Waals surface area contributed by atoms with Crippen LogP contribution < -0.4 is 16.6 Å². The summed E-state index contributed by atoms with van der Waals surface area (Å²) < 4.78 is 1.23. The maximum Gasteiger partial charge on any atom is 0.251 e. The smallest absolute Gasteiger partial charge is 0.251 e. The highest BCUT2D eigenvalue weighted by Gasteiger charge is 2.06. The fraction of sp³-hybridized carbons (Fsp3) is 0.111. The zero-order valence-corrected chi connectivity index (χ0v) is 9.48. The number of pyridine rings is 1. The normalized spacial score (nSPS) is 10.1. The molecule has 0 atom stereocenters. The first-order valence-electron chi connectivity index (χ1n) is 4.67. The summed E-state index contributed by atoms with van der Waals surface area (Å²) >= 11 is 1.20. The third kappa shape index (κ3) is 2.88. The van der Waals surface area contributed by atoms with Crippen molar-refractivity contribution in [1.29, 1.82) is 0 Å². The van der Waals surface area contributed by atoms with Crippen LogP contribution >= 0.6 is 11.3 Å². The lowest BCUT2D eigenvalue weighted by molar-refractivity contribution is -0.116. The molecule has 2 rings (SSSR count). The van der Waals surface area contributed by atoms with E-state index in [-0.39, 0.29) is 18.0 Å². The molecular weight excluding hydrogens is 242 g/mol. The van der Waals surface area contributed by atoms with Gasteiger partial charge in [-0.3, -0.25) is 14.9 Å². The number of nitrogens with one attached hydrogen (secondary N) is 1. The number of amides is 1. The fourth-order valence-electron chi connectivity index (χ4n) is 1.21. The average Bonchev–Trinajstić information content (AvgIpc) is 2.76. The van der Waals surface area contributed by atoms with E-state index in [0.717, 1.165) is 0 Å². The molecule has 0 saturated heterocycles. The van der Waals surface area contributed by atoms with Crippen molar-refractivity contribution in [3.63, 3.8) is 0 Å². The first kappa shape index (κ1) is 11.3. The van der Waals surface area contributed by atoms with Crippen LogP contribution in [0.5, 0.6) is 0 Å². The molecule has 0 aromatic carbocycles. The van der Waals surface area contributed by atoms with Gasteiger partial charge in [0.1, 0.15) is 12.1 Å². The second-order valence-corrected chi connectivity index (χ2v) is 4.05. The minimum atomic E-state index is -0.352. The van der Waals surface area contributed by atoms with Crippen molar-refractivity contribution in [2.24, 2.45) is 0 Å². The van der Waals surface area contributed by atoms with Crippen LogP contribution in [0.2, 0.25) is 0 Å². The Bertz CT molecular complexity index is 577. The Kier molecular flexibility index (Phi) is 3.15. The van der Waals surface area contributed by atoms with Gasteiger partial charge in [-0.15, -0.1) is 10.2 Å². The molecule has 0 fully saturated rings. The molecular formula is C9H9N5O2S. The highest BCUT2D eigenvalue weighted by molar-refractivity contribution is 7.13. The van der Waals surface area contributed by atoms with E-state index in [0.29, 0.717) is 10.8 Å². The average molecular weight is 251 g/mol. The maximum atomic E-state index is 11.6. The summed E-state index contributed by atoms with van der Waals surface area (Å²) in [6.45, 7) is -0.108. The van der Waals surface area contributed by atoms with Gasteiger partial charge in [0.2, 0.25) is 11.0 Å². The largest absolute Gasteiger partial charge is 0.398 e. The Balaban J connectivity index is 2.08. The molecule has 2 heterocycles. The van der Waals surface area contributed by atoms with Crippen LogP contribution in [0, 0.1) is 0 Å². The molecule has 0 aliphatic heterocycles. The van der Waals surface area contributed by atoms with Crippen LogP contribution in [0.4, 0.5) is 10.8 Å². The number of nitrogens with zero attached hydrogens (tertiary/aromatic N) is 3. The van der Waals surface area contributed by atoms with Crippen LogP contribution in [0.1, 0.15) is 0 Å². The van der Waals surface area contributed by atoms with Crippen LogP contribution in [-0.4, -0.2) is 20.7 Å². The van der Waals surface area contributed by atoms with E-state index < -0.39 is 0 Å². The zero-order valence-electron chi connectivity index (χ0n) is 8.66. The quantitative estimate of drug-likeness (QED) is 0.794. The van der Waals surface area contributed by atoms with Gasteiger partial charge in [0.25, 0.3) is 5.56 Å². The lowest BCUT2D eigenvalue weighted by atomic mass is 10.4. The van der Waals surface area contributed by atoms with Crippen LogP contribution in [-0.2, 0) is 11.3 Å². The van der Waals surface area contributed by atoms with Gasteiger partial charge in [-0.2, -0.15) is 0 Å². The molecule has 17 heavy (non-hydrogen) atoms. The molecule has 8 heteroatoms. The molecule has 0 aliphatic rings. The summed E-state index contributed by atoms with van der Waals surface area (Å²) in [5, 5.41) is 10.2. The van der Waals surface area contributed by atoms with Crippen molar-refractivity contribution in [1.82, 2.24) is 14.8 Å². The van der Waals surface area contributed by atoms with E-state index in [1.165, 1.54) is 39.7 Å². The van der Waals surface area contributed by atoms with Crippen molar-refractivity contribution in [3.05, 3.63) is 34.2 Å². The van der Waals surface area contributed by atoms with Gasteiger partial charge < -0.3 is 10.3 Å². The Hall–Kier alpha value is -2.22. The number of rotatable bonds is 3. The van der Waals surface area contributed by atoms with Gasteiger partial charge in [0, 0.05) is 18.0 Å². The van der Waals surface area contributed by atoms with Gasteiger partial charge in [0.05, 0.1) is 0 Å². The molecule has 0 bridgehead atoms. The van der Waals surface area contributed by atoms with Crippen LogP contribution in [0.3, 0.4) is 0 Å². The molecule has 7 nitrogen and oxygen atoms in total. The lowest BCUT2D eigenvalue weighted by Crippen LogP contribution is -2.26. The predicted octanol–water partition coefficient (Wildman–Crippen LogP) is -0.0793. The minimum absolute atomic E-state index is 0.108. The van der Waals surface area contributed by atoms with Gasteiger partial charge in [-0.25, -0.2) is 0 Å². The lowest BCUT2D eigenvalue weighted by Gasteiger charge is -2.05. The summed E-state index contributed by atoms with van der Waals surface area (Å²) in [5.41, 5.74) is 7.17. The predicted molar refractivity (Wildman–Crippen MR) is 63.7 cm³/mol. The van der Waals surface area contributed by atoms with Crippen LogP contribution in [0.25, 0.3) is 0 Å². The first-order valence-corrected chi connectivity index (χ1v) is 5.55. The number of nitrogen functional groups attached to an aromatic ring is 1. The Morgan fingerprint density at radius 2 is 2.35 bits per heavy atom. The number of hydrogen-bond acceptors (Lipinski definition) is 6. The van der Waals surface area contributed by atoms with Gasteiger partial charge in [-0.05, 0) is 6.07 Å². The minimum Gasteiger partial charge on any atom is -0.398 e. The van der Waals surface area contributed by atoms with E-state index in [9.17, 15) is 9.59 Å². The van der Waals surface area contributed by atoms with E-state index in [2.05, 4.69) is 15.5 Å². The summed E-state index contributed by atoms with van der Waals surface area (Å²) in [7, 11) is 0. The Labute approximate surface area is 99.9 Å². The van der Waals surface area contributed by atoms with E-state index in [1.54, 1.807) is 0 Å². The molecule has 2 aromatic heterocycles. The van der Waals surface area contributed by atoms with Gasteiger partial charge >= 0.3 is 0 Å².